The third-order valence-electron chi connectivity index (χ3n) is 4.81. The fourth-order valence-corrected chi connectivity index (χ4v) is 3.37. The number of nitrogens with zero attached hydrogens (tertiary/aromatic N) is 1. The monoisotopic (exact) mass is 469 g/mol. The molecule has 2 aromatic carbocycles. The van der Waals surface area contributed by atoms with Crippen molar-refractivity contribution in [3.05, 3.63) is 82.6 Å². The van der Waals surface area contributed by atoms with E-state index in [4.69, 9.17) is 20.9 Å². The molecule has 8 nitrogen and oxygen atoms in total. The summed E-state index contributed by atoms with van der Waals surface area (Å²) >= 11 is 6.14. The highest BCUT2D eigenvalue weighted by Crippen LogP contribution is 2.21. The van der Waals surface area contributed by atoms with Gasteiger partial charge in [-0.1, -0.05) is 66.1 Å². The molecule has 0 bridgehead atoms. The molecule has 0 spiro atoms. The van der Waals surface area contributed by atoms with Gasteiger partial charge in [0.05, 0.1) is 23.0 Å². The molecular weight excluding hydrogens is 446 g/mol. The first-order valence-electron chi connectivity index (χ1n) is 10.4. The van der Waals surface area contributed by atoms with Crippen molar-refractivity contribution in [3.8, 4) is 0 Å². The first kappa shape index (κ1) is 24.0. The van der Waals surface area contributed by atoms with Crippen molar-refractivity contribution in [1.29, 1.82) is 0 Å². The van der Waals surface area contributed by atoms with Crippen molar-refractivity contribution >= 4 is 35.2 Å². The van der Waals surface area contributed by atoms with Crippen LogP contribution in [0.4, 0.5) is 5.82 Å². The molecule has 0 aliphatic rings. The summed E-state index contributed by atoms with van der Waals surface area (Å²) in [6.07, 6.45) is -0.936. The third-order valence-corrected chi connectivity index (χ3v) is 5.14. The topological polar surface area (TPSA) is 111 Å². The number of ether oxygens (including phenoxy) is 1. The van der Waals surface area contributed by atoms with Crippen LogP contribution in [0.3, 0.4) is 0 Å². The average Bonchev–Trinajstić information content (AvgIpc) is 3.22. The van der Waals surface area contributed by atoms with E-state index in [1.165, 1.54) is 0 Å². The van der Waals surface area contributed by atoms with Crippen molar-refractivity contribution in [2.75, 3.05) is 5.32 Å². The molecule has 33 heavy (non-hydrogen) atoms. The Morgan fingerprint density at radius 3 is 2.42 bits per heavy atom. The maximum Gasteiger partial charge on any atom is 0.309 e. The van der Waals surface area contributed by atoms with Gasteiger partial charge in [-0.2, -0.15) is 0 Å². The number of nitrogens with one attached hydrogen (secondary N) is 2. The number of halogens is 1. The Hall–Kier alpha value is -3.65. The van der Waals surface area contributed by atoms with E-state index in [-0.39, 0.29) is 18.7 Å². The Morgan fingerprint density at radius 2 is 1.79 bits per heavy atom. The summed E-state index contributed by atoms with van der Waals surface area (Å²) in [5.74, 6) is -0.804. The number of carbonyl (C=O) groups is 3. The summed E-state index contributed by atoms with van der Waals surface area (Å²) in [6, 6.07) is 16.5. The number of amides is 2. The van der Waals surface area contributed by atoms with Crippen LogP contribution in [0.15, 0.2) is 65.2 Å². The lowest BCUT2D eigenvalue weighted by Gasteiger charge is -2.21. The number of esters is 1. The predicted octanol–water partition coefficient (Wildman–Crippen LogP) is 4.46. The van der Waals surface area contributed by atoms with Gasteiger partial charge in [0.15, 0.2) is 11.9 Å². The van der Waals surface area contributed by atoms with Gasteiger partial charge in [0.25, 0.3) is 11.8 Å². The van der Waals surface area contributed by atoms with Gasteiger partial charge in [-0.3, -0.25) is 14.4 Å². The average molecular weight is 470 g/mol. The zero-order valence-electron chi connectivity index (χ0n) is 18.2. The Labute approximate surface area is 196 Å². The molecule has 2 amide bonds. The molecule has 0 saturated carbocycles. The molecule has 0 radical (unpaired) electrons. The van der Waals surface area contributed by atoms with Crippen molar-refractivity contribution in [3.63, 3.8) is 0 Å². The van der Waals surface area contributed by atoms with Gasteiger partial charge >= 0.3 is 5.97 Å². The molecule has 172 valence electrons. The van der Waals surface area contributed by atoms with Crippen LogP contribution in [0.25, 0.3) is 0 Å². The highest BCUT2D eigenvalue weighted by atomic mass is 35.5. The maximum atomic E-state index is 12.8. The third kappa shape index (κ3) is 6.66. The van der Waals surface area contributed by atoms with E-state index in [1.54, 1.807) is 68.4 Å². The van der Waals surface area contributed by atoms with E-state index in [9.17, 15) is 14.4 Å². The zero-order chi connectivity index (χ0) is 23.8. The number of aryl methyl sites for hydroxylation is 1. The normalized spacial score (nSPS) is 12.5. The number of hydrogen-bond acceptors (Lipinski definition) is 6. The van der Waals surface area contributed by atoms with Crippen LogP contribution < -0.4 is 10.6 Å². The lowest BCUT2D eigenvalue weighted by molar-refractivity contribution is -0.154. The van der Waals surface area contributed by atoms with Gasteiger partial charge in [0.1, 0.15) is 5.76 Å². The quantitative estimate of drug-likeness (QED) is 0.448. The van der Waals surface area contributed by atoms with Gasteiger partial charge in [0.2, 0.25) is 0 Å². The number of carbonyl (C=O) groups excluding carboxylic acids is 3. The number of rotatable bonds is 9. The zero-order valence-corrected chi connectivity index (χ0v) is 19.0. The predicted molar refractivity (Wildman–Crippen MR) is 123 cm³/mol. The summed E-state index contributed by atoms with van der Waals surface area (Å²) < 4.78 is 10.3. The van der Waals surface area contributed by atoms with Crippen LogP contribution in [0.5, 0.6) is 0 Å². The summed E-state index contributed by atoms with van der Waals surface area (Å²) in [6.45, 7) is 3.42. The highest BCUT2D eigenvalue weighted by Gasteiger charge is 2.26. The van der Waals surface area contributed by atoms with Gasteiger partial charge in [-0.25, -0.2) is 0 Å². The fourth-order valence-electron chi connectivity index (χ4n) is 3.15. The van der Waals surface area contributed by atoms with Crippen LogP contribution in [-0.2, 0) is 14.3 Å². The summed E-state index contributed by atoms with van der Waals surface area (Å²) in [7, 11) is 0. The van der Waals surface area contributed by atoms with E-state index < -0.39 is 29.9 Å². The Morgan fingerprint density at radius 1 is 1.09 bits per heavy atom. The van der Waals surface area contributed by atoms with Crippen molar-refractivity contribution < 1.29 is 23.6 Å². The van der Waals surface area contributed by atoms with Crippen molar-refractivity contribution in [1.82, 2.24) is 10.5 Å². The molecule has 0 aliphatic heterocycles. The SMILES string of the molecule is CCC(OC(=O)CC(NC(=O)c1ccccc1Cl)c1ccccc1)C(=O)Nc1cc(C)on1. The minimum atomic E-state index is -1.02. The highest BCUT2D eigenvalue weighted by molar-refractivity contribution is 6.33. The van der Waals surface area contributed by atoms with Gasteiger partial charge in [-0.05, 0) is 31.0 Å². The molecule has 0 aliphatic carbocycles. The first-order chi connectivity index (χ1) is 15.9. The minimum absolute atomic E-state index is 0.174. The summed E-state index contributed by atoms with van der Waals surface area (Å²) in [5, 5.41) is 9.40. The van der Waals surface area contributed by atoms with E-state index in [1.807, 2.05) is 6.07 Å². The lowest BCUT2D eigenvalue weighted by atomic mass is 10.0. The number of anilines is 1. The van der Waals surface area contributed by atoms with Gasteiger partial charge in [0, 0.05) is 6.07 Å². The Kier molecular flexibility index (Phi) is 8.21. The fraction of sp³-hybridized carbons (Fsp3) is 0.250. The van der Waals surface area contributed by atoms with Crippen LogP contribution in [0, 0.1) is 6.92 Å². The molecule has 0 saturated heterocycles. The molecule has 3 aromatic rings. The van der Waals surface area contributed by atoms with Crippen LogP contribution in [0.1, 0.15) is 47.5 Å². The van der Waals surface area contributed by atoms with E-state index in [2.05, 4.69) is 15.8 Å². The second-order valence-electron chi connectivity index (χ2n) is 7.32. The molecular formula is C24H24ClN3O5. The molecule has 2 N–H and O–H groups in total. The molecule has 9 heteroatoms. The smallest absolute Gasteiger partial charge is 0.309 e. The number of aromatic nitrogens is 1. The molecule has 1 heterocycles. The first-order valence-corrected chi connectivity index (χ1v) is 10.8. The van der Waals surface area contributed by atoms with Crippen LogP contribution in [0.2, 0.25) is 5.02 Å². The molecule has 2 atom stereocenters. The van der Waals surface area contributed by atoms with Crippen molar-refractivity contribution in [2.24, 2.45) is 0 Å². The second-order valence-corrected chi connectivity index (χ2v) is 7.73. The van der Waals surface area contributed by atoms with Gasteiger partial charge in [-0.15, -0.1) is 0 Å². The summed E-state index contributed by atoms with van der Waals surface area (Å²) in [5.41, 5.74) is 1.01. The van der Waals surface area contributed by atoms with Crippen LogP contribution in [-0.4, -0.2) is 29.0 Å². The number of hydrogen-bond donors (Lipinski definition) is 2. The Balaban J connectivity index is 1.69. The minimum Gasteiger partial charge on any atom is -0.452 e. The summed E-state index contributed by atoms with van der Waals surface area (Å²) in [4.78, 5) is 38.0. The van der Waals surface area contributed by atoms with Gasteiger partial charge < -0.3 is 19.9 Å². The molecule has 3 rings (SSSR count). The lowest BCUT2D eigenvalue weighted by Crippen LogP contribution is -2.35. The second kappa shape index (κ2) is 11.3. The van der Waals surface area contributed by atoms with E-state index >= 15 is 0 Å². The Bertz CT molecular complexity index is 1120. The van der Waals surface area contributed by atoms with Crippen molar-refractivity contribution in [2.45, 2.75) is 38.8 Å². The number of benzene rings is 2. The van der Waals surface area contributed by atoms with Crippen LogP contribution >= 0.6 is 11.6 Å². The standard InChI is InChI=1S/C24H24ClN3O5/c1-3-20(24(31)27-21-13-15(2)33-28-21)32-22(29)14-19(16-9-5-4-6-10-16)26-23(30)17-11-7-8-12-18(17)25/h4-13,19-20H,3,14H2,1-2H3,(H,26,30)(H,27,28,31). The molecule has 0 fully saturated rings. The van der Waals surface area contributed by atoms with E-state index in [0.29, 0.717) is 21.9 Å². The van der Waals surface area contributed by atoms with E-state index in [0.717, 1.165) is 0 Å². The molecule has 2 unspecified atom stereocenters. The molecule has 1 aromatic heterocycles. The maximum absolute atomic E-state index is 12.8. The largest absolute Gasteiger partial charge is 0.452 e.